The zero-order valence-electron chi connectivity index (χ0n) is 77.6. The number of carbonyl (C=O) groups excluding carboxylic acids is 17. The summed E-state index contributed by atoms with van der Waals surface area (Å²) >= 11 is 2.10. The molecule has 43 nitrogen and oxygen atoms in total. The summed E-state index contributed by atoms with van der Waals surface area (Å²) in [4.78, 5) is 265. The minimum absolute atomic E-state index is 0.00614. The zero-order chi connectivity index (χ0) is 99.5. The Labute approximate surface area is 794 Å². The van der Waals surface area contributed by atoms with Crippen LogP contribution < -0.4 is 81.0 Å². The summed E-state index contributed by atoms with van der Waals surface area (Å²) in [7, 11) is 3.90. The molecule has 0 radical (unpaired) electrons. The molecule has 16 atom stereocenters. The predicted octanol–water partition coefficient (Wildman–Crippen LogP) is -2.29. The third kappa shape index (κ3) is 29.1. The molecule has 3 aliphatic rings. The summed E-state index contributed by atoms with van der Waals surface area (Å²) < 4.78 is 0.810. The number of amides is 17. The molecule has 2 aliphatic heterocycles. The molecule has 738 valence electrons. The molecule has 45 heteroatoms. The Hall–Kier alpha value is -13.3. The number of aliphatic hydroxyl groups excluding tert-OH is 2. The number of phenolic OH excluding ortho intramolecular Hbond substituents is 1. The maximum absolute atomic E-state index is 15.8. The molecule has 5 heterocycles. The number of hydrogen-bond donors (Lipinski definition) is 21. The molecular weight excluding hydrogens is 1800 g/mol. The molecule has 9 rings (SSSR count). The number of aromatic hydroxyl groups is 1. The fourth-order valence-corrected chi connectivity index (χ4v) is 18.3. The number of aromatic amines is 2. The van der Waals surface area contributed by atoms with E-state index in [9.17, 15) is 53.7 Å². The highest BCUT2D eigenvalue weighted by atomic mass is 32.2. The number of thioether (sulfide) groups is 1. The molecule has 136 heavy (non-hydrogen) atoms. The van der Waals surface area contributed by atoms with Gasteiger partial charge in [-0.15, -0.1) is 23.1 Å². The topological polar surface area (TPSA) is 655 Å². The smallest absolute Gasteiger partial charge is 0.246 e. The summed E-state index contributed by atoms with van der Waals surface area (Å²) in [6, 6.07) is -0.789. The maximum Gasteiger partial charge on any atom is 0.246 e. The van der Waals surface area contributed by atoms with Crippen LogP contribution in [0.4, 0.5) is 0 Å². The van der Waals surface area contributed by atoms with E-state index in [4.69, 9.17) is 22.6 Å². The van der Waals surface area contributed by atoms with Crippen molar-refractivity contribution in [2.45, 2.75) is 234 Å². The lowest BCUT2D eigenvalue weighted by Crippen LogP contribution is -2.62. The molecule has 3 aromatic carbocycles. The molecule has 0 bridgehead atoms. The first-order chi connectivity index (χ1) is 64.6. The number of unbranched alkanes of at least 4 members (excludes halogenated alkanes) is 2. The number of imidazole rings is 1. The Morgan fingerprint density at radius 3 is 1.82 bits per heavy atom. The van der Waals surface area contributed by atoms with Gasteiger partial charge < -0.3 is 126 Å². The molecule has 2 saturated heterocycles. The number of primary amides is 2. The van der Waals surface area contributed by atoms with Crippen LogP contribution in [0.1, 0.15) is 141 Å². The van der Waals surface area contributed by atoms with Crippen molar-refractivity contribution in [1.29, 1.82) is 5.41 Å². The summed E-state index contributed by atoms with van der Waals surface area (Å²) in [5.74, 6) is -19.0. The van der Waals surface area contributed by atoms with Gasteiger partial charge in [-0.2, -0.15) is 0 Å². The van der Waals surface area contributed by atoms with E-state index >= 15 is 43.2 Å². The Balaban J connectivity index is 1.10. The predicted molar refractivity (Wildman–Crippen MR) is 503 cm³/mol. The van der Waals surface area contributed by atoms with Crippen LogP contribution in [-0.2, 0) is 107 Å². The number of carbonyl (C=O) groups is 17. The highest BCUT2D eigenvalue weighted by molar-refractivity contribution is 8.00. The molecule has 24 N–H and O–H groups in total. The Morgan fingerprint density at radius 1 is 0.596 bits per heavy atom. The van der Waals surface area contributed by atoms with Crippen LogP contribution in [0.25, 0.3) is 21.0 Å². The van der Waals surface area contributed by atoms with E-state index in [1.165, 1.54) is 76.2 Å². The molecule has 1 saturated carbocycles. The Bertz CT molecular complexity index is 5290. The number of benzene rings is 3. The minimum atomic E-state index is -1.89. The highest BCUT2D eigenvalue weighted by Gasteiger charge is 2.60. The number of rotatable bonds is 26. The number of aliphatic hydroxyl groups is 2. The lowest BCUT2D eigenvalue weighted by atomic mass is 10.00. The van der Waals surface area contributed by atoms with E-state index in [1.807, 2.05) is 32.0 Å². The molecule has 17 amide bonds. The number of para-hydroxylation sites is 1. The average Bonchev–Trinajstić information content (AvgIpc) is 1.58. The maximum atomic E-state index is 15.8. The van der Waals surface area contributed by atoms with Crippen LogP contribution in [0, 0.1) is 17.2 Å². The number of hydrogen-bond acceptors (Lipinski definition) is 24. The largest absolute Gasteiger partial charge is 0.508 e. The van der Waals surface area contributed by atoms with Crippen molar-refractivity contribution in [2.75, 3.05) is 58.9 Å². The zero-order valence-corrected chi connectivity index (χ0v) is 79.2. The van der Waals surface area contributed by atoms with Crippen LogP contribution >= 0.6 is 23.1 Å². The number of thiophene rings is 1. The van der Waals surface area contributed by atoms with Crippen molar-refractivity contribution in [2.24, 2.45) is 29.0 Å². The fraction of sp³-hybridized carbons (Fsp3) is 0.527. The van der Waals surface area contributed by atoms with Gasteiger partial charge in [0.25, 0.3) is 0 Å². The van der Waals surface area contributed by atoms with Gasteiger partial charge in [0.2, 0.25) is 100 Å². The quantitative estimate of drug-likeness (QED) is 0.0154. The number of nitrogens with zero attached hydrogens (tertiary/aromatic N) is 5. The third-order valence-corrected chi connectivity index (χ3v) is 26.5. The van der Waals surface area contributed by atoms with Gasteiger partial charge in [-0.3, -0.25) is 86.9 Å². The SMILES string of the molecule is CCCC[C@H]1C(=O)N(C)[C@@H](CCCC)C(=O)N[C@@H](CCCNC(=N)N)C(=O)NC(C(=O)NCC(N)=O)CSCC(=O)N[C@@H](Cc2ccc(O)cc2)C(=O)N(C)[C@@H](C)C(=O)N[C@@H](CC(N)=O)C(=O)N[C@]2(C[C@@H]2C)C(=O)NC(Cc2cnc[nH]2)C(=O)N[C@@H](CC(C)C)C(=O)N2C[C@H](O)C[C@H]2C(=O)NC(Cc2c[nH]c3ccccc23)C(=O)N[C@@H](CO)C(=O)N[C@@H](Cc2csc3ccccc23)C(=O)N1C. The third-order valence-electron chi connectivity index (χ3n) is 24.4. The van der Waals surface area contributed by atoms with E-state index in [2.05, 4.69) is 78.8 Å². The van der Waals surface area contributed by atoms with Gasteiger partial charge >= 0.3 is 0 Å². The summed E-state index contributed by atoms with van der Waals surface area (Å²) in [6.07, 6.45) is 1.78. The molecule has 3 aromatic heterocycles. The molecular formula is C91H127N23O20S2. The van der Waals surface area contributed by atoms with Gasteiger partial charge in [-0.25, -0.2) is 4.98 Å². The first-order valence-electron chi connectivity index (χ1n) is 45.4. The normalized spacial score (nSPS) is 25.6. The van der Waals surface area contributed by atoms with Crippen LogP contribution in [0.5, 0.6) is 5.75 Å². The molecule has 3 fully saturated rings. The van der Waals surface area contributed by atoms with Crippen molar-refractivity contribution in [3.8, 4) is 5.75 Å². The second-order valence-electron chi connectivity index (χ2n) is 35.2. The van der Waals surface area contributed by atoms with E-state index in [0.717, 1.165) is 36.1 Å². The van der Waals surface area contributed by atoms with E-state index in [-0.39, 0.29) is 82.4 Å². The van der Waals surface area contributed by atoms with Gasteiger partial charge in [0.05, 0.1) is 37.8 Å². The van der Waals surface area contributed by atoms with Gasteiger partial charge in [-0.1, -0.05) is 109 Å². The van der Waals surface area contributed by atoms with Gasteiger partial charge in [0, 0.05) is 106 Å². The lowest BCUT2D eigenvalue weighted by Gasteiger charge is -2.36. The van der Waals surface area contributed by atoms with Crippen molar-refractivity contribution in [3.63, 3.8) is 0 Å². The lowest BCUT2D eigenvalue weighted by molar-refractivity contribution is -0.149. The second kappa shape index (κ2) is 49.8. The monoisotopic (exact) mass is 1930 g/mol. The summed E-state index contributed by atoms with van der Waals surface area (Å²) in [6.45, 7) is 7.71. The Morgan fingerprint density at radius 2 is 1.18 bits per heavy atom. The van der Waals surface area contributed by atoms with Crippen LogP contribution in [0.2, 0.25) is 0 Å². The average molecular weight is 1930 g/mol. The van der Waals surface area contributed by atoms with E-state index in [0.29, 0.717) is 64.4 Å². The van der Waals surface area contributed by atoms with Gasteiger partial charge in [0.1, 0.15) is 89.8 Å². The van der Waals surface area contributed by atoms with Crippen LogP contribution in [0.15, 0.2) is 96.9 Å². The van der Waals surface area contributed by atoms with Gasteiger partial charge in [-0.05, 0) is 109 Å². The Kier molecular flexibility index (Phi) is 38.9. The summed E-state index contributed by atoms with van der Waals surface area (Å²) in [5, 5.41) is 75.6. The van der Waals surface area contributed by atoms with Crippen LogP contribution in [0.3, 0.4) is 0 Å². The molecule has 1 spiro atoms. The first-order valence-corrected chi connectivity index (χ1v) is 47.4. The van der Waals surface area contributed by atoms with E-state index < -0.39 is 247 Å². The first kappa shape index (κ1) is 106. The fourth-order valence-electron chi connectivity index (χ4n) is 16.5. The highest BCUT2D eigenvalue weighted by Crippen LogP contribution is 2.44. The number of phenols is 1. The van der Waals surface area contributed by atoms with E-state index in [1.54, 1.807) is 62.7 Å². The van der Waals surface area contributed by atoms with Crippen molar-refractivity contribution in [3.05, 3.63) is 119 Å². The molecule has 6 aromatic rings. The van der Waals surface area contributed by atoms with Crippen molar-refractivity contribution in [1.82, 2.24) is 98.4 Å². The van der Waals surface area contributed by atoms with Crippen LogP contribution in [-0.4, -0.2) is 305 Å². The van der Waals surface area contributed by atoms with Crippen molar-refractivity contribution >= 4 is 150 Å². The minimum Gasteiger partial charge on any atom is -0.508 e. The van der Waals surface area contributed by atoms with Crippen molar-refractivity contribution < 1.29 is 96.8 Å². The number of likely N-dealkylation sites (N-methyl/N-ethyl adjacent to an activating group) is 3. The number of nitrogens with two attached hydrogens (primary N) is 3. The van der Waals surface area contributed by atoms with Gasteiger partial charge in [0.15, 0.2) is 5.96 Å². The molecule has 1 aliphatic carbocycles. The molecule has 3 unspecified atom stereocenters. The standard InChI is InChI=1S/C91H127N23O20S2/c1-10-12-23-69-83(128)102-60(22-18-30-97-90(94)95)78(123)108-68(77(122)99-41-74(93)119)45-135-46-75(120)101-65(32-51-26-28-55(116)29-27-51)85(130)111(7)50(6)76(121)103-63(37-73(92)118)82(127)110-91(38-49(91)5)89(134)109-62(35-54-40-96-47-100-54)80(125)105-64(31-48(3)4)87(132)114-42-56(117)36-71(114)84(129)104-61(33-52-39-98-59-21-16-14-19-57(52)59)79(124)107-67(43-115)81(126)106-66(34-53-44-136-72-25-17-15-20-58(53)72)86(131)113(9)70(24-13-11-2)88(133)112(69)8/h14-17,19-21,25-29,39-40,44,47-50,56,60-71,98,115-117H,10-13,18,22-24,30-38,41-43,45-46H2,1-9H3,(H2,92,118)(H2,93,119)(H,96,100)(H,99,122)(H,101,120)(H,102,128)(H,103,121)(H,104,129)(H,105,125)(H,106,126)(H,107,124)(H,108,123)(H,109,134)(H,110,127)(H4,94,95,97)/t49-,50-,56+,60-,61?,62?,63-,64-,65-,66-,67-,68?,69-,70-,71-,91-/m0/s1. The summed E-state index contributed by atoms with van der Waals surface area (Å²) in [5.41, 5.74) is 17.3. The number of aromatic nitrogens is 3. The number of fused-ring (bicyclic) bond motifs is 3. The number of guanidine groups is 1. The number of H-pyrrole nitrogens is 2. The second-order valence-corrected chi connectivity index (χ2v) is 37.2. The number of nitrogens with one attached hydrogen (secondary N) is 15.